The number of hydrogen-bond acceptors (Lipinski definition) is 1. The van der Waals surface area contributed by atoms with Crippen molar-refractivity contribution in [1.29, 1.82) is 0 Å². The lowest BCUT2D eigenvalue weighted by molar-refractivity contribution is -0.00949. The number of anilines is 1. The van der Waals surface area contributed by atoms with Crippen LogP contribution in [0.3, 0.4) is 0 Å². The van der Waals surface area contributed by atoms with Crippen molar-refractivity contribution in [3.05, 3.63) is 75.8 Å². The van der Waals surface area contributed by atoms with Crippen molar-refractivity contribution in [3.8, 4) is 0 Å². The Morgan fingerprint density at radius 2 is 1.90 bits per heavy atom. The molecular formula is C25H28Cl2N2O. The monoisotopic (exact) mass is 442 g/mol. The van der Waals surface area contributed by atoms with Crippen LogP contribution >= 0.6 is 23.2 Å². The number of carbonyl (C=O) groups excluding carboxylic acids is 1. The molecule has 5 rings (SSSR count). The topological polar surface area (TPSA) is 32.3 Å². The first-order chi connectivity index (χ1) is 14.4. The van der Waals surface area contributed by atoms with E-state index in [0.29, 0.717) is 40.2 Å². The average molecular weight is 443 g/mol. The number of rotatable bonds is 6. The summed E-state index contributed by atoms with van der Waals surface area (Å²) in [4.78, 5) is 15.1. The fourth-order valence-electron chi connectivity index (χ4n) is 4.83. The zero-order valence-electron chi connectivity index (χ0n) is 17.5. The Morgan fingerprint density at radius 3 is 2.60 bits per heavy atom. The van der Waals surface area contributed by atoms with Crippen LogP contribution in [-0.2, 0) is 6.42 Å². The van der Waals surface area contributed by atoms with Crippen molar-refractivity contribution in [3.63, 3.8) is 0 Å². The van der Waals surface area contributed by atoms with Crippen LogP contribution in [0.25, 0.3) is 0 Å². The minimum absolute atomic E-state index is 0.143. The third-order valence-corrected chi connectivity index (χ3v) is 7.77. The van der Waals surface area contributed by atoms with E-state index in [-0.39, 0.29) is 6.03 Å². The van der Waals surface area contributed by atoms with E-state index in [1.54, 1.807) is 18.2 Å². The lowest BCUT2D eigenvalue weighted by atomic mass is 9.49. The maximum atomic E-state index is 13.2. The van der Waals surface area contributed by atoms with Crippen LogP contribution in [0.2, 0.25) is 10.0 Å². The molecular weight excluding hydrogens is 415 g/mol. The predicted octanol–water partition coefficient (Wildman–Crippen LogP) is 7.06. The van der Waals surface area contributed by atoms with Gasteiger partial charge in [-0.15, -0.1) is 0 Å². The number of nitrogens with zero attached hydrogens (tertiary/aromatic N) is 1. The first-order valence-electron chi connectivity index (χ1n) is 10.6. The third kappa shape index (κ3) is 4.24. The second-order valence-electron chi connectivity index (χ2n) is 9.01. The van der Waals surface area contributed by atoms with Crippen LogP contribution in [0.4, 0.5) is 10.5 Å². The number of carbonyl (C=O) groups is 1. The maximum Gasteiger partial charge on any atom is 0.322 e. The number of halogens is 2. The Kier molecular flexibility index (Phi) is 6.13. The molecule has 0 radical (unpaired) electrons. The van der Waals surface area contributed by atoms with Crippen LogP contribution in [0.5, 0.6) is 0 Å². The van der Waals surface area contributed by atoms with Crippen molar-refractivity contribution in [2.24, 2.45) is 17.3 Å². The summed E-state index contributed by atoms with van der Waals surface area (Å²) in [6.45, 7) is 6.01. The highest BCUT2D eigenvalue weighted by Crippen LogP contribution is 2.59. The molecule has 3 nitrogen and oxygen atoms in total. The van der Waals surface area contributed by atoms with Crippen LogP contribution in [0.15, 0.2) is 60.2 Å². The number of benzene rings is 2. The molecule has 3 aliphatic carbocycles. The van der Waals surface area contributed by atoms with Gasteiger partial charge >= 0.3 is 6.03 Å². The number of amides is 2. The minimum atomic E-state index is -0.143. The summed E-state index contributed by atoms with van der Waals surface area (Å²) in [5.74, 6) is 1.35. The Balaban J connectivity index is 1.51. The molecule has 30 heavy (non-hydrogen) atoms. The normalized spacial score (nSPS) is 21.4. The molecule has 2 amide bonds. The van der Waals surface area contributed by atoms with Gasteiger partial charge in [-0.05, 0) is 54.2 Å². The second-order valence-corrected chi connectivity index (χ2v) is 9.80. The number of allylic oxidation sites excluding steroid dienone is 1. The van der Waals surface area contributed by atoms with Crippen molar-refractivity contribution >= 4 is 34.9 Å². The van der Waals surface area contributed by atoms with E-state index < -0.39 is 0 Å². The van der Waals surface area contributed by atoms with Crippen molar-refractivity contribution in [2.45, 2.75) is 33.1 Å². The van der Waals surface area contributed by atoms with Crippen molar-refractivity contribution in [2.75, 3.05) is 18.4 Å². The summed E-state index contributed by atoms with van der Waals surface area (Å²) in [7, 11) is 0. The lowest BCUT2D eigenvalue weighted by Gasteiger charge is -2.57. The zero-order valence-corrected chi connectivity index (χ0v) is 19.0. The van der Waals surface area contributed by atoms with Gasteiger partial charge in [0.25, 0.3) is 0 Å². The summed E-state index contributed by atoms with van der Waals surface area (Å²) in [5, 5.41) is 3.77. The highest BCUT2D eigenvalue weighted by molar-refractivity contribution is 6.43. The third-order valence-electron chi connectivity index (χ3n) is 6.95. The van der Waals surface area contributed by atoms with Crippen molar-refractivity contribution in [1.82, 2.24) is 4.90 Å². The molecule has 0 heterocycles. The molecule has 0 spiro atoms. The molecule has 1 fully saturated rings. The highest BCUT2D eigenvalue weighted by Gasteiger charge is 2.51. The standard InChI is InChI=1S/C25H28Cl2N2O/c1-25(2)19-12-11-18(20(25)15-19)16-29(14-13-17-7-4-3-5-8-17)24(30)28-22-10-6-9-21(26)23(22)27/h3-11,19-20H,12-16H2,1-2H3,(H,28,30). The molecule has 2 aromatic rings. The van der Waals surface area contributed by atoms with Crippen LogP contribution in [0.1, 0.15) is 32.3 Å². The van der Waals surface area contributed by atoms with E-state index >= 15 is 0 Å². The number of nitrogens with one attached hydrogen (secondary N) is 1. The summed E-state index contributed by atoms with van der Waals surface area (Å²) in [5.41, 5.74) is 3.49. The van der Waals surface area contributed by atoms with Gasteiger partial charge in [0.05, 0.1) is 15.7 Å². The highest BCUT2D eigenvalue weighted by atomic mass is 35.5. The van der Waals surface area contributed by atoms with E-state index in [4.69, 9.17) is 23.2 Å². The number of hydrogen-bond donors (Lipinski definition) is 1. The second kappa shape index (κ2) is 8.64. The molecule has 0 saturated heterocycles. The lowest BCUT2D eigenvalue weighted by Crippen LogP contribution is -2.50. The molecule has 1 N–H and O–H groups in total. The fourth-order valence-corrected chi connectivity index (χ4v) is 5.18. The molecule has 0 aliphatic heterocycles. The van der Waals surface area contributed by atoms with Gasteiger partial charge < -0.3 is 10.2 Å². The summed E-state index contributed by atoms with van der Waals surface area (Å²) in [6.07, 6.45) is 5.53. The molecule has 1 saturated carbocycles. The minimum Gasteiger partial charge on any atom is -0.320 e. The summed E-state index contributed by atoms with van der Waals surface area (Å²) < 4.78 is 0. The van der Waals surface area contributed by atoms with E-state index in [0.717, 1.165) is 18.8 Å². The van der Waals surface area contributed by atoms with E-state index in [1.807, 2.05) is 23.1 Å². The van der Waals surface area contributed by atoms with Crippen LogP contribution < -0.4 is 5.32 Å². The first-order valence-corrected chi connectivity index (χ1v) is 11.3. The van der Waals surface area contributed by atoms with Crippen molar-refractivity contribution < 1.29 is 4.79 Å². The number of fused-ring (bicyclic) bond motifs is 1. The van der Waals surface area contributed by atoms with Gasteiger partial charge in [-0.1, -0.05) is 85.1 Å². The molecule has 2 aromatic carbocycles. The summed E-state index contributed by atoms with van der Waals surface area (Å²) >= 11 is 12.4. The van der Waals surface area contributed by atoms with Gasteiger partial charge in [0.1, 0.15) is 0 Å². The number of urea groups is 1. The summed E-state index contributed by atoms with van der Waals surface area (Å²) in [6, 6.07) is 15.4. The van der Waals surface area contributed by atoms with E-state index in [9.17, 15) is 4.79 Å². The Morgan fingerprint density at radius 1 is 1.13 bits per heavy atom. The first kappa shape index (κ1) is 21.3. The van der Waals surface area contributed by atoms with E-state index in [1.165, 1.54) is 17.6 Å². The molecule has 0 aromatic heterocycles. The zero-order chi connectivity index (χ0) is 21.3. The van der Waals surface area contributed by atoms with Gasteiger partial charge in [-0.2, -0.15) is 0 Å². The largest absolute Gasteiger partial charge is 0.322 e. The molecule has 5 heteroatoms. The molecule has 158 valence electrons. The molecule has 2 bridgehead atoms. The Bertz CT molecular complexity index is 955. The molecule has 2 unspecified atom stereocenters. The fraction of sp³-hybridized carbons (Fsp3) is 0.400. The SMILES string of the molecule is CC1(C)C2CC=C(CN(CCc3ccccc3)C(=O)Nc3cccc(Cl)c3Cl)C1C2. The molecule has 3 aliphatic rings. The van der Waals surface area contributed by atoms with Gasteiger partial charge in [-0.25, -0.2) is 4.79 Å². The Labute approximate surface area is 189 Å². The van der Waals surface area contributed by atoms with E-state index in [2.05, 4.69) is 37.4 Å². The smallest absolute Gasteiger partial charge is 0.320 e. The van der Waals surface area contributed by atoms with Crippen LogP contribution in [0, 0.1) is 17.3 Å². The van der Waals surface area contributed by atoms with Gasteiger partial charge in [0, 0.05) is 13.1 Å². The predicted molar refractivity (Wildman–Crippen MR) is 125 cm³/mol. The van der Waals surface area contributed by atoms with Gasteiger partial charge in [0.2, 0.25) is 0 Å². The van der Waals surface area contributed by atoms with Gasteiger partial charge in [0.15, 0.2) is 0 Å². The quantitative estimate of drug-likeness (QED) is 0.476. The van der Waals surface area contributed by atoms with Crippen LogP contribution in [-0.4, -0.2) is 24.0 Å². The Hall–Kier alpha value is -1.97. The average Bonchev–Trinajstić information content (AvgIpc) is 2.75. The maximum absolute atomic E-state index is 13.2. The molecule has 2 atom stereocenters. The van der Waals surface area contributed by atoms with Gasteiger partial charge in [-0.3, -0.25) is 0 Å².